The predicted molar refractivity (Wildman–Crippen MR) is 135 cm³/mol. The van der Waals surface area contributed by atoms with Crippen molar-refractivity contribution in [1.82, 2.24) is 5.16 Å². The van der Waals surface area contributed by atoms with Gasteiger partial charge in [-0.1, -0.05) is 59.2 Å². The number of aryl methyl sites for hydroxylation is 1. The van der Waals surface area contributed by atoms with Crippen molar-refractivity contribution in [2.75, 3.05) is 4.90 Å². The zero-order valence-electron chi connectivity index (χ0n) is 19.1. The molecule has 0 saturated heterocycles. The highest BCUT2D eigenvalue weighted by atomic mass is 35.5. The summed E-state index contributed by atoms with van der Waals surface area (Å²) < 4.78 is 17.1. The number of carbonyl (C=O) groups excluding carboxylic acids is 1. The van der Waals surface area contributed by atoms with Gasteiger partial charge in [-0.2, -0.15) is 0 Å². The van der Waals surface area contributed by atoms with Crippen molar-refractivity contribution >= 4 is 34.3 Å². The molecule has 3 heterocycles. The van der Waals surface area contributed by atoms with E-state index in [1.165, 1.54) is 4.90 Å². The van der Waals surface area contributed by atoms with Crippen molar-refractivity contribution in [2.24, 2.45) is 0 Å². The van der Waals surface area contributed by atoms with Crippen LogP contribution in [-0.4, -0.2) is 11.1 Å². The van der Waals surface area contributed by atoms with Gasteiger partial charge in [0, 0.05) is 11.1 Å². The van der Waals surface area contributed by atoms with Crippen LogP contribution in [0, 0.1) is 6.92 Å². The van der Waals surface area contributed by atoms with E-state index in [2.05, 4.69) is 5.16 Å². The van der Waals surface area contributed by atoms with Crippen LogP contribution in [0.4, 0.5) is 5.82 Å². The Kier molecular flexibility index (Phi) is 5.34. The number of ether oxygens (including phenoxy) is 1. The lowest BCUT2D eigenvalue weighted by molar-refractivity contribution is 0.0969. The summed E-state index contributed by atoms with van der Waals surface area (Å²) in [5, 5.41) is 4.75. The third kappa shape index (κ3) is 3.74. The van der Waals surface area contributed by atoms with Crippen molar-refractivity contribution in [2.45, 2.75) is 19.6 Å². The first-order valence-corrected chi connectivity index (χ1v) is 11.7. The molecule has 0 bridgehead atoms. The molecular weight excluding hydrogens is 480 g/mol. The van der Waals surface area contributed by atoms with Crippen LogP contribution in [0.25, 0.3) is 11.0 Å². The van der Waals surface area contributed by atoms with Crippen LogP contribution in [0.1, 0.15) is 39.0 Å². The molecule has 0 saturated carbocycles. The Morgan fingerprint density at radius 3 is 2.50 bits per heavy atom. The highest BCUT2D eigenvalue weighted by Crippen LogP contribution is 2.41. The number of halogens is 1. The van der Waals surface area contributed by atoms with Crippen LogP contribution in [0.3, 0.4) is 0 Å². The van der Waals surface area contributed by atoms with E-state index in [9.17, 15) is 9.59 Å². The van der Waals surface area contributed by atoms with E-state index >= 15 is 0 Å². The Hall–Kier alpha value is -4.36. The summed E-state index contributed by atoms with van der Waals surface area (Å²) in [4.78, 5) is 28.6. The summed E-state index contributed by atoms with van der Waals surface area (Å²) >= 11 is 6.15. The molecule has 3 aromatic carbocycles. The SMILES string of the molecule is Cc1cc(N2C(=O)c3oc4ccc(Cl)cc4c(=O)c3[C@@H]2c2ccc(OCc3ccccc3)cc2)no1. The fourth-order valence-corrected chi connectivity index (χ4v) is 4.62. The molecule has 2 aromatic heterocycles. The average Bonchev–Trinajstić information content (AvgIpc) is 3.45. The van der Waals surface area contributed by atoms with E-state index < -0.39 is 11.9 Å². The first kappa shape index (κ1) is 22.1. The molecule has 178 valence electrons. The van der Waals surface area contributed by atoms with Gasteiger partial charge in [0.1, 0.15) is 23.7 Å². The Bertz CT molecular complexity index is 1660. The second kappa shape index (κ2) is 8.70. The van der Waals surface area contributed by atoms with Crippen molar-refractivity contribution in [3.05, 3.63) is 122 Å². The second-order valence-corrected chi connectivity index (χ2v) is 8.97. The van der Waals surface area contributed by atoms with Gasteiger partial charge in [0.25, 0.3) is 5.91 Å². The number of rotatable bonds is 5. The number of fused-ring (bicyclic) bond motifs is 2. The molecule has 1 atom stereocenters. The maximum atomic E-state index is 13.6. The molecule has 36 heavy (non-hydrogen) atoms. The zero-order chi connectivity index (χ0) is 24.8. The van der Waals surface area contributed by atoms with Crippen molar-refractivity contribution in [3.63, 3.8) is 0 Å². The Balaban J connectivity index is 1.44. The first-order valence-electron chi connectivity index (χ1n) is 11.3. The fraction of sp³-hybridized carbons (Fsp3) is 0.107. The molecule has 6 rings (SSSR count). The second-order valence-electron chi connectivity index (χ2n) is 8.53. The largest absolute Gasteiger partial charge is 0.489 e. The van der Waals surface area contributed by atoms with Gasteiger partial charge >= 0.3 is 0 Å². The Morgan fingerprint density at radius 2 is 1.78 bits per heavy atom. The van der Waals surface area contributed by atoms with Crippen LogP contribution in [0.2, 0.25) is 5.02 Å². The van der Waals surface area contributed by atoms with Gasteiger partial charge in [0.2, 0.25) is 5.76 Å². The van der Waals surface area contributed by atoms with Crippen LogP contribution < -0.4 is 15.1 Å². The molecule has 8 heteroatoms. The summed E-state index contributed by atoms with van der Waals surface area (Å²) in [6.07, 6.45) is 0. The van der Waals surface area contributed by atoms with Gasteiger partial charge in [-0.3, -0.25) is 14.5 Å². The number of hydrogen-bond donors (Lipinski definition) is 0. The average molecular weight is 499 g/mol. The number of amides is 1. The number of nitrogens with zero attached hydrogens (tertiary/aromatic N) is 2. The Morgan fingerprint density at radius 1 is 1.00 bits per heavy atom. The summed E-state index contributed by atoms with van der Waals surface area (Å²) in [5.41, 5.74) is 1.95. The molecule has 1 aliphatic heterocycles. The molecule has 0 aliphatic carbocycles. The van der Waals surface area contributed by atoms with E-state index in [4.69, 9.17) is 25.3 Å². The number of anilines is 1. The van der Waals surface area contributed by atoms with Crippen molar-refractivity contribution in [1.29, 1.82) is 0 Å². The molecule has 0 N–H and O–H groups in total. The summed E-state index contributed by atoms with van der Waals surface area (Å²) in [6, 6.07) is 22.8. The number of hydrogen-bond acceptors (Lipinski definition) is 6. The van der Waals surface area contributed by atoms with Crippen LogP contribution >= 0.6 is 11.6 Å². The fourth-order valence-electron chi connectivity index (χ4n) is 4.45. The van der Waals surface area contributed by atoms with Gasteiger partial charge < -0.3 is 13.7 Å². The maximum Gasteiger partial charge on any atom is 0.296 e. The lowest BCUT2D eigenvalue weighted by Crippen LogP contribution is -2.29. The van der Waals surface area contributed by atoms with Crippen molar-refractivity contribution in [3.8, 4) is 5.75 Å². The molecule has 7 nitrogen and oxygen atoms in total. The monoisotopic (exact) mass is 498 g/mol. The van der Waals surface area contributed by atoms with Crippen LogP contribution in [0.5, 0.6) is 5.75 Å². The highest BCUT2D eigenvalue weighted by Gasteiger charge is 2.44. The molecular formula is C28H19ClN2O5. The van der Waals surface area contributed by atoms with E-state index in [0.717, 1.165) is 5.56 Å². The van der Waals surface area contributed by atoms with Gasteiger partial charge in [-0.25, -0.2) is 0 Å². The molecule has 0 unspecified atom stereocenters. The zero-order valence-corrected chi connectivity index (χ0v) is 19.9. The number of aromatic nitrogens is 1. The normalized spacial score (nSPS) is 14.9. The maximum absolute atomic E-state index is 13.6. The van der Waals surface area contributed by atoms with E-state index in [0.29, 0.717) is 39.9 Å². The molecule has 0 radical (unpaired) electrons. The number of benzene rings is 3. The molecule has 1 amide bonds. The third-order valence-electron chi connectivity index (χ3n) is 6.14. The highest BCUT2D eigenvalue weighted by molar-refractivity contribution is 6.31. The topological polar surface area (TPSA) is 85.8 Å². The Labute approximate surface area is 210 Å². The summed E-state index contributed by atoms with van der Waals surface area (Å²) in [7, 11) is 0. The van der Waals surface area contributed by atoms with Gasteiger partial charge in [-0.05, 0) is 48.4 Å². The van der Waals surface area contributed by atoms with Crippen molar-refractivity contribution < 1.29 is 18.5 Å². The van der Waals surface area contributed by atoms with Gasteiger partial charge in [0.05, 0.1) is 17.0 Å². The molecule has 5 aromatic rings. The van der Waals surface area contributed by atoms with E-state index in [1.54, 1.807) is 31.2 Å². The van der Waals surface area contributed by atoms with Gasteiger partial charge in [-0.15, -0.1) is 0 Å². The predicted octanol–water partition coefficient (Wildman–Crippen LogP) is 6.07. The summed E-state index contributed by atoms with van der Waals surface area (Å²) in [5.74, 6) is 0.994. The quantitative estimate of drug-likeness (QED) is 0.292. The number of carbonyl (C=O) groups is 1. The standard InChI is InChI=1S/C28H19ClN2O5/c1-16-13-23(30-36-16)31-25(18-7-10-20(11-8-18)34-15-17-5-3-2-4-6-17)24-26(32)21-14-19(29)9-12-22(21)35-27(24)28(31)33/h2-14,25H,15H2,1H3/t25-/m0/s1. The smallest absolute Gasteiger partial charge is 0.296 e. The minimum absolute atomic E-state index is 0.0233. The van der Waals surface area contributed by atoms with E-state index in [-0.39, 0.29) is 22.3 Å². The minimum atomic E-state index is -0.764. The van der Waals surface area contributed by atoms with Crippen LogP contribution in [-0.2, 0) is 6.61 Å². The lowest BCUT2D eigenvalue weighted by Gasteiger charge is -2.22. The molecule has 0 fully saturated rings. The van der Waals surface area contributed by atoms with Gasteiger partial charge in [0.15, 0.2) is 11.2 Å². The minimum Gasteiger partial charge on any atom is -0.489 e. The summed E-state index contributed by atoms with van der Waals surface area (Å²) in [6.45, 7) is 2.16. The third-order valence-corrected chi connectivity index (χ3v) is 6.37. The van der Waals surface area contributed by atoms with Crippen LogP contribution in [0.15, 0.2) is 92.6 Å². The molecule has 1 aliphatic rings. The lowest BCUT2D eigenvalue weighted by atomic mass is 9.98. The first-order chi connectivity index (χ1) is 17.5. The molecule has 0 spiro atoms. The van der Waals surface area contributed by atoms with E-state index in [1.807, 2.05) is 54.6 Å².